The lowest BCUT2D eigenvalue weighted by Gasteiger charge is -2.35. The number of carbonyl (C=O) groups is 2. The first-order valence-electron chi connectivity index (χ1n) is 10.1. The summed E-state index contributed by atoms with van der Waals surface area (Å²) in [6.07, 6.45) is 0.440. The van der Waals surface area contributed by atoms with Crippen molar-refractivity contribution in [2.75, 3.05) is 32.8 Å². The molecule has 1 atom stereocenters. The molecule has 8 heteroatoms. The summed E-state index contributed by atoms with van der Waals surface area (Å²) < 4.78 is 6.94. The number of β-lactam (4-membered cyclic amide) rings is 1. The van der Waals surface area contributed by atoms with Crippen LogP contribution in [0.5, 0.6) is 0 Å². The van der Waals surface area contributed by atoms with E-state index in [4.69, 9.17) is 9.84 Å². The van der Waals surface area contributed by atoms with Crippen molar-refractivity contribution in [3.05, 3.63) is 39.8 Å². The van der Waals surface area contributed by atoms with Crippen molar-refractivity contribution in [2.45, 2.75) is 44.0 Å². The Kier molecular flexibility index (Phi) is 7.32. The summed E-state index contributed by atoms with van der Waals surface area (Å²) in [6, 6.07) is 8.47. The number of ether oxygens (including phenoxy) is 1. The first-order valence-corrected chi connectivity index (χ1v) is 11.8. The van der Waals surface area contributed by atoms with Gasteiger partial charge in [-0.3, -0.25) is 9.69 Å². The van der Waals surface area contributed by atoms with E-state index in [2.05, 4.69) is 45.0 Å². The van der Waals surface area contributed by atoms with E-state index in [-0.39, 0.29) is 24.5 Å². The third-order valence-corrected chi connectivity index (χ3v) is 8.25. The first kappa shape index (κ1) is 22.2. The first-order chi connectivity index (χ1) is 14.0. The monoisotopic (exact) mass is 437 g/mol. The Hall–Kier alpha value is -1.48. The minimum atomic E-state index is -0.544. The Bertz CT molecular complexity index is 782. The van der Waals surface area contributed by atoms with E-state index in [0.29, 0.717) is 12.1 Å². The van der Waals surface area contributed by atoms with Crippen molar-refractivity contribution >= 4 is 35.4 Å². The number of rotatable bonds is 10. The third-order valence-electron chi connectivity index (χ3n) is 5.77. The van der Waals surface area contributed by atoms with Gasteiger partial charge >= 0.3 is 5.97 Å². The van der Waals surface area contributed by atoms with Crippen LogP contribution >= 0.6 is 23.5 Å². The van der Waals surface area contributed by atoms with Crippen LogP contribution in [0, 0.1) is 0 Å². The zero-order valence-corrected chi connectivity index (χ0v) is 18.9. The van der Waals surface area contributed by atoms with Crippen molar-refractivity contribution < 1.29 is 23.9 Å². The average Bonchev–Trinajstić information content (AvgIpc) is 3.03. The predicted molar refractivity (Wildman–Crippen MR) is 116 cm³/mol. The van der Waals surface area contributed by atoms with Crippen LogP contribution in [0.1, 0.15) is 32.8 Å². The fraction of sp³-hybridized carbons (Fsp3) is 0.524. The summed E-state index contributed by atoms with van der Waals surface area (Å²) in [5.41, 5.74) is 1.62. The number of hydrogen-bond donors (Lipinski definition) is 1. The van der Waals surface area contributed by atoms with Crippen LogP contribution in [0.25, 0.3) is 0 Å². The van der Waals surface area contributed by atoms with Crippen molar-refractivity contribution in [3.63, 3.8) is 0 Å². The van der Waals surface area contributed by atoms with E-state index in [0.717, 1.165) is 39.8 Å². The topological polar surface area (TPSA) is 66.8 Å². The maximum absolute atomic E-state index is 12.4. The molecule has 1 fully saturated rings. The molecule has 158 valence electrons. The van der Waals surface area contributed by atoms with Gasteiger partial charge in [-0.15, -0.1) is 0 Å². The largest absolute Gasteiger partial charge is 0.459 e. The van der Waals surface area contributed by atoms with Gasteiger partial charge in [-0.25, -0.2) is 4.79 Å². The summed E-state index contributed by atoms with van der Waals surface area (Å²) in [4.78, 5) is 27.0. The van der Waals surface area contributed by atoms with Gasteiger partial charge < -0.3 is 14.3 Å². The molecule has 2 aliphatic heterocycles. The maximum Gasteiger partial charge on any atom is 0.356 e. The smallest absolute Gasteiger partial charge is 0.356 e. The molecule has 1 amide bonds. The second kappa shape index (κ2) is 9.55. The van der Waals surface area contributed by atoms with Crippen LogP contribution in [0.2, 0.25) is 0 Å². The number of nitrogens with zero attached hydrogens (tertiary/aromatic N) is 2. The molecule has 0 bridgehead atoms. The van der Waals surface area contributed by atoms with Crippen LogP contribution in [-0.4, -0.2) is 64.6 Å². The summed E-state index contributed by atoms with van der Waals surface area (Å²) in [7, 11) is 0. The molecule has 3 rings (SSSR count). The van der Waals surface area contributed by atoms with Crippen molar-refractivity contribution in [3.8, 4) is 0 Å². The van der Waals surface area contributed by atoms with Crippen molar-refractivity contribution in [1.82, 2.24) is 4.90 Å². The number of amides is 1. The molecule has 0 radical (unpaired) electrons. The van der Waals surface area contributed by atoms with Crippen LogP contribution in [0.15, 0.2) is 39.1 Å². The molecule has 0 saturated carbocycles. The number of esters is 1. The van der Waals surface area contributed by atoms with Gasteiger partial charge in [0.15, 0.2) is 5.70 Å². The van der Waals surface area contributed by atoms with Gasteiger partial charge in [-0.2, -0.15) is 0 Å². The van der Waals surface area contributed by atoms with E-state index in [1.54, 1.807) is 0 Å². The SMILES string of the molecule is CC[N+](CC)(CC)Cc1ccc(SC2=C(C(=O)OCCO)N3C(=O)C[C@H]3S2)cc1. The normalized spacial score (nSPS) is 18.7. The standard InChI is InChI=1S/C21H29N2O4S2/c1-4-23(5-2,6-3)14-15-7-9-16(10-8-15)28-21-19(20(26)27-12-11-24)22-17(25)13-18(22)29-21/h7-10,18,24H,4-6,11-14H2,1-3H3/q+1/t18-/m1/s1. The van der Waals surface area contributed by atoms with Crippen LogP contribution in [0.4, 0.5) is 0 Å². The molecule has 29 heavy (non-hydrogen) atoms. The molecule has 2 aliphatic rings. The highest BCUT2D eigenvalue weighted by atomic mass is 32.2. The predicted octanol–water partition coefficient (Wildman–Crippen LogP) is 3.17. The quantitative estimate of drug-likeness (QED) is 0.345. The molecule has 1 N–H and O–H groups in total. The lowest BCUT2D eigenvalue weighted by molar-refractivity contribution is -0.936. The molecule has 1 aromatic carbocycles. The van der Waals surface area contributed by atoms with Gasteiger partial charge in [0.2, 0.25) is 5.91 Å². The molecule has 6 nitrogen and oxygen atoms in total. The number of aliphatic hydroxyl groups excluding tert-OH is 1. The second-order valence-corrected chi connectivity index (χ2v) is 9.76. The number of carbonyl (C=O) groups excluding carboxylic acids is 2. The summed E-state index contributed by atoms with van der Waals surface area (Å²) >= 11 is 3.03. The van der Waals surface area contributed by atoms with E-state index in [9.17, 15) is 9.59 Å². The molecule has 0 aliphatic carbocycles. The minimum absolute atomic E-state index is 0.0162. The fourth-order valence-electron chi connectivity index (χ4n) is 3.65. The maximum atomic E-state index is 12.4. The Balaban J connectivity index is 1.75. The number of fused-ring (bicyclic) bond motifs is 1. The van der Waals surface area contributed by atoms with E-state index < -0.39 is 5.97 Å². The molecular formula is C21H29N2O4S2+. The summed E-state index contributed by atoms with van der Waals surface area (Å²) in [5.74, 6) is -0.602. The van der Waals surface area contributed by atoms with E-state index in [1.807, 2.05) is 0 Å². The molecule has 1 saturated heterocycles. The number of thioether (sulfide) groups is 2. The zero-order valence-electron chi connectivity index (χ0n) is 17.2. The Labute approximate surface area is 180 Å². The number of benzene rings is 1. The number of aliphatic hydroxyl groups is 1. The van der Waals surface area contributed by atoms with Crippen molar-refractivity contribution in [2.24, 2.45) is 0 Å². The molecule has 0 aromatic heterocycles. The minimum Gasteiger partial charge on any atom is -0.459 e. The van der Waals surface area contributed by atoms with Crippen LogP contribution in [0.3, 0.4) is 0 Å². The lowest BCUT2D eigenvalue weighted by Crippen LogP contribution is -2.48. The fourth-order valence-corrected chi connectivity index (χ4v) is 6.33. The molecule has 2 heterocycles. The molecular weight excluding hydrogens is 408 g/mol. The average molecular weight is 438 g/mol. The number of quaternary nitrogens is 1. The zero-order chi connectivity index (χ0) is 21.0. The van der Waals surface area contributed by atoms with Crippen molar-refractivity contribution in [1.29, 1.82) is 0 Å². The van der Waals surface area contributed by atoms with E-state index in [1.165, 1.54) is 34.0 Å². The van der Waals surface area contributed by atoms with Crippen LogP contribution < -0.4 is 0 Å². The van der Waals surface area contributed by atoms with Gasteiger partial charge in [0.05, 0.1) is 42.3 Å². The van der Waals surface area contributed by atoms with Gasteiger partial charge in [0.1, 0.15) is 13.2 Å². The highest BCUT2D eigenvalue weighted by Crippen LogP contribution is 2.52. The molecule has 0 spiro atoms. The Morgan fingerprint density at radius 3 is 2.45 bits per heavy atom. The van der Waals surface area contributed by atoms with Gasteiger partial charge in [0.25, 0.3) is 0 Å². The third kappa shape index (κ3) is 4.66. The summed E-state index contributed by atoms with van der Waals surface area (Å²) in [5, 5.41) is 8.90. The van der Waals surface area contributed by atoms with Gasteiger partial charge in [-0.1, -0.05) is 35.7 Å². The Morgan fingerprint density at radius 1 is 1.24 bits per heavy atom. The highest BCUT2D eigenvalue weighted by molar-refractivity contribution is 8.22. The van der Waals surface area contributed by atoms with Gasteiger partial charge in [0, 0.05) is 10.5 Å². The molecule has 1 aromatic rings. The highest BCUT2D eigenvalue weighted by Gasteiger charge is 2.49. The summed E-state index contributed by atoms with van der Waals surface area (Å²) in [6.45, 7) is 10.7. The van der Waals surface area contributed by atoms with Crippen LogP contribution in [-0.2, 0) is 20.9 Å². The number of hydrogen-bond acceptors (Lipinski definition) is 6. The lowest BCUT2D eigenvalue weighted by atomic mass is 10.2. The second-order valence-electron chi connectivity index (χ2n) is 7.23. The molecule has 0 unspecified atom stereocenters. The van der Waals surface area contributed by atoms with Gasteiger partial charge in [-0.05, 0) is 32.9 Å². The van der Waals surface area contributed by atoms with E-state index >= 15 is 0 Å². The Morgan fingerprint density at radius 2 is 1.90 bits per heavy atom.